The number of anilines is 1. The highest BCUT2D eigenvalue weighted by Crippen LogP contribution is 2.23. The van der Waals surface area contributed by atoms with Crippen molar-refractivity contribution in [1.82, 2.24) is 18.5 Å². The molecule has 0 amide bonds. The first-order chi connectivity index (χ1) is 16.4. The van der Waals surface area contributed by atoms with E-state index in [0.29, 0.717) is 26.1 Å². The molecule has 0 saturated carbocycles. The molecule has 0 aliphatic carbocycles. The minimum absolute atomic E-state index is 0.0146. The number of halogens is 1. The van der Waals surface area contributed by atoms with Gasteiger partial charge in [-0.3, -0.25) is 0 Å². The molecule has 2 aromatic heterocycles. The van der Waals surface area contributed by atoms with Crippen molar-refractivity contribution in [1.29, 1.82) is 0 Å². The summed E-state index contributed by atoms with van der Waals surface area (Å²) in [6.07, 6.45) is 2.15. The Hall–Kier alpha value is -3.50. The highest BCUT2D eigenvalue weighted by atomic mass is 32.2. The van der Waals surface area contributed by atoms with E-state index in [1.54, 1.807) is 18.2 Å². The van der Waals surface area contributed by atoms with Crippen molar-refractivity contribution in [3.8, 4) is 0 Å². The Morgan fingerprint density at radius 1 is 0.882 bits per heavy atom. The predicted octanol–water partition coefficient (Wildman–Crippen LogP) is 2.39. The predicted molar refractivity (Wildman–Crippen MR) is 127 cm³/mol. The van der Waals surface area contributed by atoms with Gasteiger partial charge < -0.3 is 4.90 Å². The number of pyridine rings is 1. The molecule has 0 bridgehead atoms. The second-order valence-corrected chi connectivity index (χ2v) is 10.1. The quantitative estimate of drug-likeness (QED) is 0.423. The monoisotopic (exact) mass is 481 g/mol. The molecule has 0 unspecified atom stereocenters. The maximum Gasteiger partial charge on any atom is 0.350 e. The summed E-state index contributed by atoms with van der Waals surface area (Å²) in [5.41, 5.74) is 1.67. The van der Waals surface area contributed by atoms with Gasteiger partial charge in [-0.2, -0.15) is 4.31 Å². The van der Waals surface area contributed by atoms with Crippen LogP contribution in [0.15, 0.2) is 82.6 Å². The lowest BCUT2D eigenvalue weighted by Gasteiger charge is -2.35. The maximum atomic E-state index is 13.5. The Kier molecular flexibility index (Phi) is 5.93. The fourth-order valence-corrected chi connectivity index (χ4v) is 5.76. The number of aryl methyl sites for hydroxylation is 2. The number of nitrogens with zero attached hydrogens (tertiary/aromatic N) is 5. The van der Waals surface area contributed by atoms with E-state index in [4.69, 9.17) is 0 Å². The van der Waals surface area contributed by atoms with Gasteiger partial charge in [-0.1, -0.05) is 30.3 Å². The third kappa shape index (κ3) is 4.22. The fourth-order valence-electron chi connectivity index (χ4n) is 4.22. The molecule has 34 heavy (non-hydrogen) atoms. The van der Waals surface area contributed by atoms with Crippen molar-refractivity contribution in [2.75, 3.05) is 31.1 Å². The first-order valence-electron chi connectivity index (χ1n) is 11.1. The van der Waals surface area contributed by atoms with Gasteiger partial charge in [-0.05, 0) is 48.4 Å². The van der Waals surface area contributed by atoms with Crippen LogP contribution in [0.4, 0.5) is 10.1 Å². The van der Waals surface area contributed by atoms with Gasteiger partial charge >= 0.3 is 5.69 Å². The number of piperazine rings is 1. The van der Waals surface area contributed by atoms with Crippen molar-refractivity contribution >= 4 is 21.4 Å². The largest absolute Gasteiger partial charge is 0.369 e. The fraction of sp³-hybridized carbons (Fsp3) is 0.250. The van der Waals surface area contributed by atoms with Crippen molar-refractivity contribution in [3.05, 3.63) is 94.8 Å². The van der Waals surface area contributed by atoms with Crippen LogP contribution in [0.25, 0.3) is 5.65 Å². The van der Waals surface area contributed by atoms with Crippen molar-refractivity contribution < 1.29 is 12.8 Å². The first kappa shape index (κ1) is 22.3. The zero-order valence-electron chi connectivity index (χ0n) is 18.4. The van der Waals surface area contributed by atoms with Gasteiger partial charge in [0.2, 0.25) is 10.0 Å². The standard InChI is InChI=1S/C24H24FN5O3S/c25-20-8-10-21(11-9-20)27-15-17-28(18-16-27)34(32,33)22-7-4-13-29-23(22)26-30(24(29)31)14-12-19-5-2-1-3-6-19/h1-11,13H,12,14-18H2. The molecule has 4 aromatic rings. The van der Waals surface area contributed by atoms with Gasteiger partial charge in [0.15, 0.2) is 5.65 Å². The first-order valence-corrected chi connectivity index (χ1v) is 12.5. The number of hydrogen-bond donors (Lipinski definition) is 0. The Bertz CT molecular complexity index is 1460. The number of rotatable bonds is 6. The summed E-state index contributed by atoms with van der Waals surface area (Å²) < 4.78 is 44.2. The van der Waals surface area contributed by atoms with Crippen molar-refractivity contribution in [2.45, 2.75) is 17.9 Å². The smallest absolute Gasteiger partial charge is 0.350 e. The summed E-state index contributed by atoms with van der Waals surface area (Å²) >= 11 is 0. The number of sulfonamides is 1. The second kappa shape index (κ2) is 9.03. The molecular weight excluding hydrogens is 457 g/mol. The van der Waals surface area contributed by atoms with E-state index in [1.165, 1.54) is 37.8 Å². The number of hydrogen-bond acceptors (Lipinski definition) is 5. The lowest BCUT2D eigenvalue weighted by molar-refractivity contribution is 0.385. The molecule has 0 atom stereocenters. The van der Waals surface area contributed by atoms with Crippen LogP contribution in [0, 0.1) is 5.82 Å². The minimum Gasteiger partial charge on any atom is -0.369 e. The molecule has 1 fully saturated rings. The molecular formula is C24H24FN5O3S. The summed E-state index contributed by atoms with van der Waals surface area (Å²) in [5.74, 6) is -0.309. The van der Waals surface area contributed by atoms with Crippen LogP contribution in [0.3, 0.4) is 0 Å². The zero-order valence-corrected chi connectivity index (χ0v) is 19.2. The van der Waals surface area contributed by atoms with Crippen molar-refractivity contribution in [2.24, 2.45) is 0 Å². The van der Waals surface area contributed by atoms with Gasteiger partial charge in [0, 0.05) is 38.1 Å². The van der Waals surface area contributed by atoms with Crippen LogP contribution in [-0.4, -0.2) is 53.1 Å². The van der Waals surface area contributed by atoms with E-state index in [9.17, 15) is 17.6 Å². The lowest BCUT2D eigenvalue weighted by atomic mass is 10.2. The van der Waals surface area contributed by atoms with Crippen LogP contribution in [0.1, 0.15) is 5.56 Å². The number of benzene rings is 2. The molecule has 1 aliphatic heterocycles. The molecule has 10 heteroatoms. The molecule has 0 radical (unpaired) electrons. The topological polar surface area (TPSA) is 79.9 Å². The molecule has 5 rings (SSSR count). The molecule has 3 heterocycles. The molecule has 0 spiro atoms. The molecule has 2 aromatic carbocycles. The number of fused-ring (bicyclic) bond motifs is 1. The number of aromatic nitrogens is 3. The van der Waals surface area contributed by atoms with Gasteiger partial charge in [0.25, 0.3) is 0 Å². The third-order valence-electron chi connectivity index (χ3n) is 6.08. The Balaban J connectivity index is 1.37. The maximum absolute atomic E-state index is 13.5. The van der Waals surface area contributed by atoms with Gasteiger partial charge in [0.05, 0.1) is 6.54 Å². The molecule has 1 aliphatic rings. The second-order valence-electron chi connectivity index (χ2n) is 8.17. The highest BCUT2D eigenvalue weighted by Gasteiger charge is 2.31. The summed E-state index contributed by atoms with van der Waals surface area (Å²) in [6.45, 7) is 1.86. The SMILES string of the molecule is O=c1n(CCc2ccccc2)nc2c(S(=O)(=O)N3CCN(c4ccc(F)cc4)CC3)cccn12. The van der Waals surface area contributed by atoms with Crippen LogP contribution in [0.2, 0.25) is 0 Å². The van der Waals surface area contributed by atoms with Crippen molar-refractivity contribution in [3.63, 3.8) is 0 Å². The van der Waals surface area contributed by atoms with E-state index in [0.717, 1.165) is 11.3 Å². The summed E-state index contributed by atoms with van der Waals surface area (Å²) in [7, 11) is -3.86. The normalized spacial score (nSPS) is 15.1. The zero-order chi connectivity index (χ0) is 23.7. The van der Waals surface area contributed by atoms with E-state index in [1.807, 2.05) is 35.2 Å². The summed E-state index contributed by atoms with van der Waals surface area (Å²) in [4.78, 5) is 14.9. The molecule has 8 nitrogen and oxygen atoms in total. The van der Waals surface area contributed by atoms with E-state index >= 15 is 0 Å². The van der Waals surface area contributed by atoms with Gasteiger partial charge in [0.1, 0.15) is 10.7 Å². The minimum atomic E-state index is -3.86. The Labute approximate surface area is 196 Å². The summed E-state index contributed by atoms with van der Waals surface area (Å²) in [6, 6.07) is 19.0. The van der Waals surface area contributed by atoms with E-state index in [2.05, 4.69) is 5.10 Å². The Morgan fingerprint density at radius 2 is 1.59 bits per heavy atom. The van der Waals surface area contributed by atoms with Crippen LogP contribution < -0.4 is 10.6 Å². The molecule has 1 saturated heterocycles. The molecule has 176 valence electrons. The Morgan fingerprint density at radius 3 is 2.29 bits per heavy atom. The molecule has 0 N–H and O–H groups in total. The van der Waals surface area contributed by atoms with E-state index < -0.39 is 10.0 Å². The highest BCUT2D eigenvalue weighted by molar-refractivity contribution is 7.89. The average molecular weight is 482 g/mol. The van der Waals surface area contributed by atoms with Crippen LogP contribution in [0.5, 0.6) is 0 Å². The third-order valence-corrected chi connectivity index (χ3v) is 8.00. The van der Waals surface area contributed by atoms with Gasteiger partial charge in [-0.25, -0.2) is 26.7 Å². The average Bonchev–Trinajstić information content (AvgIpc) is 3.19. The van der Waals surface area contributed by atoms with Crippen LogP contribution >= 0.6 is 0 Å². The summed E-state index contributed by atoms with van der Waals surface area (Å²) in [5, 5.41) is 4.37. The lowest BCUT2D eigenvalue weighted by Crippen LogP contribution is -2.48. The van der Waals surface area contributed by atoms with Gasteiger partial charge in [-0.15, -0.1) is 5.10 Å². The van der Waals surface area contributed by atoms with E-state index in [-0.39, 0.29) is 35.1 Å². The van der Waals surface area contributed by atoms with Crippen LogP contribution in [-0.2, 0) is 23.0 Å².